The summed E-state index contributed by atoms with van der Waals surface area (Å²) in [5, 5.41) is 1.31. The zero-order valence-corrected chi connectivity index (χ0v) is 14.9. The van der Waals surface area contributed by atoms with Crippen LogP contribution in [0.2, 0.25) is 0 Å². The van der Waals surface area contributed by atoms with E-state index >= 15 is 0 Å². The molecular formula is C23H21N3. The lowest BCUT2D eigenvalue weighted by molar-refractivity contribution is 0.833. The molecule has 1 aliphatic carbocycles. The molecule has 1 N–H and O–H groups in total. The third kappa shape index (κ3) is 2.51. The number of aromatic nitrogens is 3. The second-order valence-corrected chi connectivity index (χ2v) is 7.13. The largest absolute Gasteiger partial charge is 0.361 e. The third-order valence-corrected chi connectivity index (χ3v) is 5.48. The number of nitrogens with zero attached hydrogens (tertiary/aromatic N) is 2. The molecule has 4 aromatic rings. The van der Waals surface area contributed by atoms with Crippen LogP contribution in [-0.2, 0) is 25.7 Å². The van der Waals surface area contributed by atoms with Gasteiger partial charge in [0.05, 0.1) is 5.69 Å². The molecule has 3 nitrogen and oxygen atoms in total. The normalized spacial score (nSPS) is 12.8. The van der Waals surface area contributed by atoms with Gasteiger partial charge in [-0.1, -0.05) is 42.5 Å². The third-order valence-electron chi connectivity index (χ3n) is 5.48. The summed E-state index contributed by atoms with van der Waals surface area (Å²) in [6.45, 7) is 2.15. The molecule has 5 rings (SSSR count). The Morgan fingerprint density at radius 3 is 2.81 bits per heavy atom. The Bertz CT molecular complexity index is 1110. The van der Waals surface area contributed by atoms with Gasteiger partial charge in [0.1, 0.15) is 5.82 Å². The molecule has 128 valence electrons. The summed E-state index contributed by atoms with van der Waals surface area (Å²) in [5.74, 6) is 0.933. The molecule has 3 heteroatoms. The fraction of sp³-hybridized carbons (Fsp3) is 0.217. The van der Waals surface area contributed by atoms with E-state index in [1.165, 1.54) is 38.7 Å². The van der Waals surface area contributed by atoms with Gasteiger partial charge >= 0.3 is 0 Å². The summed E-state index contributed by atoms with van der Waals surface area (Å²) in [6.07, 6.45) is 8.09. The van der Waals surface area contributed by atoms with E-state index in [1.807, 2.05) is 6.20 Å². The van der Waals surface area contributed by atoms with Crippen molar-refractivity contribution in [3.8, 4) is 11.3 Å². The topological polar surface area (TPSA) is 41.6 Å². The van der Waals surface area contributed by atoms with Crippen LogP contribution in [0, 0.1) is 6.92 Å². The maximum absolute atomic E-state index is 4.93. The van der Waals surface area contributed by atoms with Gasteiger partial charge in [-0.05, 0) is 48.4 Å². The van der Waals surface area contributed by atoms with Crippen molar-refractivity contribution in [3.63, 3.8) is 0 Å². The second-order valence-electron chi connectivity index (χ2n) is 7.13. The summed E-state index contributed by atoms with van der Waals surface area (Å²) in [4.78, 5) is 13.0. The molecule has 2 aromatic carbocycles. The van der Waals surface area contributed by atoms with E-state index in [9.17, 15) is 0 Å². The van der Waals surface area contributed by atoms with Gasteiger partial charge in [-0.25, -0.2) is 9.97 Å². The van der Waals surface area contributed by atoms with Crippen LogP contribution in [0.3, 0.4) is 0 Å². The minimum atomic E-state index is 0.857. The molecule has 0 aliphatic heterocycles. The molecule has 0 fully saturated rings. The number of nitrogens with one attached hydrogen (secondary N) is 1. The van der Waals surface area contributed by atoms with Gasteiger partial charge in [0.25, 0.3) is 0 Å². The fourth-order valence-corrected chi connectivity index (χ4v) is 4.04. The van der Waals surface area contributed by atoms with Crippen molar-refractivity contribution in [1.29, 1.82) is 0 Å². The molecule has 2 heterocycles. The van der Waals surface area contributed by atoms with Crippen LogP contribution in [0.5, 0.6) is 0 Å². The van der Waals surface area contributed by atoms with Gasteiger partial charge in [-0.2, -0.15) is 0 Å². The monoisotopic (exact) mass is 339 g/mol. The van der Waals surface area contributed by atoms with Crippen molar-refractivity contribution in [1.82, 2.24) is 15.0 Å². The van der Waals surface area contributed by atoms with E-state index in [0.717, 1.165) is 37.2 Å². The van der Waals surface area contributed by atoms with Crippen molar-refractivity contribution < 1.29 is 0 Å². The SMILES string of the molecule is Cc1cccc2c(CCc3ncc4c(n3)-c3ccccc3CC4)c[nH]c12. The van der Waals surface area contributed by atoms with Gasteiger partial charge in [0, 0.05) is 35.3 Å². The summed E-state index contributed by atoms with van der Waals surface area (Å²) >= 11 is 0. The summed E-state index contributed by atoms with van der Waals surface area (Å²) in [6, 6.07) is 15.1. The minimum absolute atomic E-state index is 0.857. The molecule has 0 radical (unpaired) electrons. The molecule has 0 saturated carbocycles. The lowest BCUT2D eigenvalue weighted by Crippen LogP contribution is -2.09. The van der Waals surface area contributed by atoms with E-state index in [2.05, 4.69) is 65.6 Å². The molecule has 26 heavy (non-hydrogen) atoms. The molecule has 0 unspecified atom stereocenters. The lowest BCUT2D eigenvalue weighted by atomic mass is 9.90. The van der Waals surface area contributed by atoms with Gasteiger partial charge in [0.15, 0.2) is 0 Å². The number of rotatable bonds is 3. The molecule has 2 aromatic heterocycles. The van der Waals surface area contributed by atoms with Crippen molar-refractivity contribution in [2.45, 2.75) is 32.6 Å². The number of aromatic amines is 1. The van der Waals surface area contributed by atoms with Crippen molar-refractivity contribution in [3.05, 3.63) is 82.9 Å². The molecule has 0 spiro atoms. The van der Waals surface area contributed by atoms with Gasteiger partial charge < -0.3 is 4.98 Å². The first-order chi connectivity index (χ1) is 12.8. The molecule has 0 bridgehead atoms. The summed E-state index contributed by atoms with van der Waals surface area (Å²) in [5.41, 5.74) is 8.95. The van der Waals surface area contributed by atoms with Gasteiger partial charge in [-0.15, -0.1) is 0 Å². The van der Waals surface area contributed by atoms with Crippen LogP contribution < -0.4 is 0 Å². The van der Waals surface area contributed by atoms with E-state index in [-0.39, 0.29) is 0 Å². The maximum atomic E-state index is 4.93. The smallest absolute Gasteiger partial charge is 0.129 e. The second kappa shape index (κ2) is 6.10. The standard InChI is InChI=1S/C23H21N3/c1-15-5-4-8-20-17(13-25-22(15)20)11-12-21-24-14-18-10-9-16-6-2-3-7-19(16)23(18)26-21/h2-8,13-14,25H,9-12H2,1H3. The highest BCUT2D eigenvalue weighted by molar-refractivity contribution is 5.85. The number of hydrogen-bond acceptors (Lipinski definition) is 2. The maximum Gasteiger partial charge on any atom is 0.129 e. The minimum Gasteiger partial charge on any atom is -0.361 e. The van der Waals surface area contributed by atoms with E-state index in [0.29, 0.717) is 0 Å². The first-order valence-corrected chi connectivity index (χ1v) is 9.28. The Morgan fingerprint density at radius 1 is 0.962 bits per heavy atom. The quantitative estimate of drug-likeness (QED) is 0.581. The number of fused-ring (bicyclic) bond motifs is 4. The molecule has 1 aliphatic rings. The zero-order chi connectivity index (χ0) is 17.5. The van der Waals surface area contributed by atoms with Gasteiger partial charge in [-0.3, -0.25) is 0 Å². The van der Waals surface area contributed by atoms with Crippen LogP contribution in [0.25, 0.3) is 22.2 Å². The Kier molecular flexibility index (Phi) is 3.59. The van der Waals surface area contributed by atoms with Crippen LogP contribution in [0.15, 0.2) is 54.9 Å². The Morgan fingerprint density at radius 2 is 1.85 bits per heavy atom. The Balaban J connectivity index is 1.44. The van der Waals surface area contributed by atoms with Crippen LogP contribution in [0.4, 0.5) is 0 Å². The van der Waals surface area contributed by atoms with Gasteiger partial charge in [0.2, 0.25) is 0 Å². The van der Waals surface area contributed by atoms with Crippen molar-refractivity contribution in [2.24, 2.45) is 0 Å². The van der Waals surface area contributed by atoms with Crippen molar-refractivity contribution >= 4 is 10.9 Å². The first-order valence-electron chi connectivity index (χ1n) is 9.28. The zero-order valence-electron chi connectivity index (χ0n) is 14.9. The number of H-pyrrole nitrogens is 1. The number of benzene rings is 2. The van der Waals surface area contributed by atoms with Crippen molar-refractivity contribution in [2.75, 3.05) is 0 Å². The fourth-order valence-electron chi connectivity index (χ4n) is 4.04. The summed E-state index contributed by atoms with van der Waals surface area (Å²) in [7, 11) is 0. The highest BCUT2D eigenvalue weighted by Gasteiger charge is 2.18. The highest BCUT2D eigenvalue weighted by atomic mass is 14.9. The van der Waals surface area contributed by atoms with Crippen LogP contribution in [0.1, 0.15) is 28.1 Å². The van der Waals surface area contributed by atoms with E-state index in [4.69, 9.17) is 4.98 Å². The predicted octanol–water partition coefficient (Wildman–Crippen LogP) is 4.82. The first kappa shape index (κ1) is 15.3. The van der Waals surface area contributed by atoms with Crippen LogP contribution in [-0.4, -0.2) is 15.0 Å². The molecular weight excluding hydrogens is 318 g/mol. The predicted molar refractivity (Wildman–Crippen MR) is 105 cm³/mol. The molecule has 0 atom stereocenters. The number of para-hydroxylation sites is 1. The van der Waals surface area contributed by atoms with Crippen LogP contribution >= 0.6 is 0 Å². The molecule has 0 saturated heterocycles. The Labute approximate surface area is 153 Å². The molecule has 0 amide bonds. The Hall–Kier alpha value is -2.94. The van der Waals surface area contributed by atoms with E-state index < -0.39 is 0 Å². The average Bonchev–Trinajstić information content (AvgIpc) is 3.10. The highest BCUT2D eigenvalue weighted by Crippen LogP contribution is 2.31. The number of hydrogen-bond donors (Lipinski definition) is 1. The lowest BCUT2D eigenvalue weighted by Gasteiger charge is -2.18. The summed E-state index contributed by atoms with van der Waals surface area (Å²) < 4.78 is 0. The average molecular weight is 339 g/mol. The number of aryl methyl sites for hydroxylation is 5. The van der Waals surface area contributed by atoms with E-state index in [1.54, 1.807) is 0 Å².